The maximum absolute atomic E-state index is 4.54. The van der Waals surface area contributed by atoms with Gasteiger partial charge in [0.15, 0.2) is 0 Å². The van der Waals surface area contributed by atoms with Crippen LogP contribution >= 0.6 is 0 Å². The number of hydrogen-bond donors (Lipinski definition) is 2. The van der Waals surface area contributed by atoms with Crippen molar-refractivity contribution >= 4 is 5.95 Å². The van der Waals surface area contributed by atoms with E-state index >= 15 is 0 Å². The summed E-state index contributed by atoms with van der Waals surface area (Å²) < 4.78 is 0. The second-order valence-corrected chi connectivity index (χ2v) is 4.82. The highest BCUT2D eigenvalue weighted by atomic mass is 15.4. The minimum Gasteiger partial charge on any atom is -0.340 e. The quantitative estimate of drug-likeness (QED) is 0.808. The normalized spacial score (nSPS) is 17.6. The van der Waals surface area contributed by atoms with Gasteiger partial charge in [-0.1, -0.05) is 6.92 Å². The minimum absolute atomic E-state index is 0.810. The highest BCUT2D eigenvalue weighted by Gasteiger charge is 2.21. The summed E-state index contributed by atoms with van der Waals surface area (Å²) in [4.78, 5) is 6.83. The van der Waals surface area contributed by atoms with E-state index in [1.54, 1.807) is 0 Å². The largest absolute Gasteiger partial charge is 0.340 e. The lowest BCUT2D eigenvalue weighted by Crippen LogP contribution is -2.37. The van der Waals surface area contributed by atoms with Crippen LogP contribution in [0.25, 0.3) is 0 Å². The van der Waals surface area contributed by atoms with Gasteiger partial charge in [0.25, 0.3) is 0 Å². The summed E-state index contributed by atoms with van der Waals surface area (Å²) >= 11 is 0. The first kappa shape index (κ1) is 12.4. The van der Waals surface area contributed by atoms with Gasteiger partial charge in [0.2, 0.25) is 5.95 Å². The molecule has 2 heterocycles. The summed E-state index contributed by atoms with van der Waals surface area (Å²) in [5, 5.41) is 10.6. The average Bonchev–Trinajstić information content (AvgIpc) is 2.80. The van der Waals surface area contributed by atoms with E-state index in [4.69, 9.17) is 0 Å². The molecule has 2 N–H and O–H groups in total. The Morgan fingerprint density at radius 3 is 2.82 bits per heavy atom. The summed E-state index contributed by atoms with van der Waals surface area (Å²) in [5.74, 6) is 2.71. The Bertz CT molecular complexity index is 327. The first-order valence-corrected chi connectivity index (χ1v) is 6.64. The number of anilines is 1. The highest BCUT2D eigenvalue weighted by molar-refractivity contribution is 5.29. The van der Waals surface area contributed by atoms with Crippen LogP contribution in [0.3, 0.4) is 0 Å². The summed E-state index contributed by atoms with van der Waals surface area (Å²) in [6.07, 6.45) is 4.57. The van der Waals surface area contributed by atoms with Crippen molar-refractivity contribution in [3.05, 3.63) is 5.82 Å². The van der Waals surface area contributed by atoms with E-state index in [1.807, 2.05) is 7.05 Å². The van der Waals surface area contributed by atoms with E-state index in [9.17, 15) is 0 Å². The lowest BCUT2D eigenvalue weighted by atomic mass is 9.97. The number of piperidine rings is 1. The van der Waals surface area contributed by atoms with Crippen LogP contribution in [-0.2, 0) is 6.42 Å². The van der Waals surface area contributed by atoms with Crippen LogP contribution in [0.2, 0.25) is 0 Å². The van der Waals surface area contributed by atoms with Gasteiger partial charge in [-0.05, 0) is 38.8 Å². The van der Waals surface area contributed by atoms with Gasteiger partial charge in [-0.3, -0.25) is 5.10 Å². The molecule has 0 unspecified atom stereocenters. The van der Waals surface area contributed by atoms with Gasteiger partial charge in [-0.2, -0.15) is 4.98 Å². The van der Waals surface area contributed by atoms with Gasteiger partial charge >= 0.3 is 0 Å². The number of H-pyrrole nitrogens is 1. The van der Waals surface area contributed by atoms with Crippen LogP contribution < -0.4 is 10.2 Å². The van der Waals surface area contributed by atoms with E-state index in [-0.39, 0.29) is 0 Å². The summed E-state index contributed by atoms with van der Waals surface area (Å²) in [6, 6.07) is 0. The molecule has 1 fully saturated rings. The molecule has 17 heavy (non-hydrogen) atoms. The van der Waals surface area contributed by atoms with Crippen LogP contribution in [0.4, 0.5) is 5.95 Å². The molecule has 1 aliphatic heterocycles. The Labute approximate surface area is 103 Å². The molecule has 1 aromatic heterocycles. The second kappa shape index (κ2) is 6.00. The van der Waals surface area contributed by atoms with E-state index in [2.05, 4.69) is 32.3 Å². The molecule has 2 rings (SSSR count). The van der Waals surface area contributed by atoms with Crippen LogP contribution in [0.5, 0.6) is 0 Å². The number of aryl methyl sites for hydroxylation is 1. The Kier molecular flexibility index (Phi) is 4.36. The number of aromatic amines is 1. The monoisotopic (exact) mass is 237 g/mol. The van der Waals surface area contributed by atoms with E-state index < -0.39 is 0 Å². The van der Waals surface area contributed by atoms with Crippen LogP contribution in [0, 0.1) is 5.92 Å². The third-order valence-corrected chi connectivity index (χ3v) is 3.40. The van der Waals surface area contributed by atoms with Crippen molar-refractivity contribution in [3.63, 3.8) is 0 Å². The molecule has 5 nitrogen and oxygen atoms in total. The predicted octanol–water partition coefficient (Wildman–Crippen LogP) is 1.19. The van der Waals surface area contributed by atoms with Crippen molar-refractivity contribution in [2.45, 2.75) is 32.6 Å². The Balaban J connectivity index is 1.86. The van der Waals surface area contributed by atoms with Crippen LogP contribution in [0.15, 0.2) is 0 Å². The zero-order chi connectivity index (χ0) is 12.1. The average molecular weight is 237 g/mol. The Morgan fingerprint density at radius 1 is 1.41 bits per heavy atom. The lowest BCUT2D eigenvalue weighted by molar-refractivity contribution is 0.391. The van der Waals surface area contributed by atoms with Crippen molar-refractivity contribution in [1.82, 2.24) is 20.5 Å². The fourth-order valence-corrected chi connectivity index (χ4v) is 2.40. The molecule has 0 atom stereocenters. The van der Waals surface area contributed by atoms with Crippen molar-refractivity contribution < 1.29 is 0 Å². The number of rotatable bonds is 5. The molecule has 0 aliphatic carbocycles. The first-order valence-electron chi connectivity index (χ1n) is 6.64. The van der Waals surface area contributed by atoms with Gasteiger partial charge in [0, 0.05) is 19.5 Å². The van der Waals surface area contributed by atoms with Crippen molar-refractivity contribution in [2.75, 3.05) is 31.6 Å². The van der Waals surface area contributed by atoms with Gasteiger partial charge in [-0.15, -0.1) is 5.10 Å². The molecule has 0 spiro atoms. The molecule has 1 saturated heterocycles. The van der Waals surface area contributed by atoms with Gasteiger partial charge in [-0.25, -0.2) is 0 Å². The number of hydrogen-bond acceptors (Lipinski definition) is 4. The maximum atomic E-state index is 4.54. The summed E-state index contributed by atoms with van der Waals surface area (Å²) in [6.45, 7) is 5.44. The van der Waals surface area contributed by atoms with Gasteiger partial charge < -0.3 is 10.2 Å². The summed E-state index contributed by atoms with van der Waals surface area (Å²) in [5.41, 5.74) is 0. The minimum atomic E-state index is 0.810. The topological polar surface area (TPSA) is 56.8 Å². The second-order valence-electron chi connectivity index (χ2n) is 4.82. The Hall–Kier alpha value is -1.10. The molecule has 0 aromatic carbocycles. The maximum Gasteiger partial charge on any atom is 0.244 e. The van der Waals surface area contributed by atoms with E-state index in [0.29, 0.717) is 0 Å². The SMILES string of the molecule is CCCc1nc(N2CCC(CNC)CC2)n[nH]1. The zero-order valence-electron chi connectivity index (χ0n) is 10.9. The fourth-order valence-electron chi connectivity index (χ4n) is 2.40. The molecule has 0 radical (unpaired) electrons. The van der Waals surface area contributed by atoms with E-state index in [1.165, 1.54) is 12.8 Å². The smallest absolute Gasteiger partial charge is 0.244 e. The third-order valence-electron chi connectivity index (χ3n) is 3.40. The molecule has 0 saturated carbocycles. The molecule has 0 bridgehead atoms. The number of nitrogens with one attached hydrogen (secondary N) is 2. The van der Waals surface area contributed by atoms with Crippen LogP contribution in [0.1, 0.15) is 32.0 Å². The number of nitrogens with zero attached hydrogens (tertiary/aromatic N) is 3. The third kappa shape index (κ3) is 3.19. The fraction of sp³-hybridized carbons (Fsp3) is 0.833. The van der Waals surface area contributed by atoms with Crippen molar-refractivity contribution in [1.29, 1.82) is 0 Å². The highest BCUT2D eigenvalue weighted by Crippen LogP contribution is 2.20. The van der Waals surface area contributed by atoms with Crippen LogP contribution in [-0.4, -0.2) is 41.9 Å². The molecular weight excluding hydrogens is 214 g/mol. The standard InChI is InChI=1S/C12H23N5/c1-3-4-11-14-12(16-15-11)17-7-5-10(6-8-17)9-13-2/h10,13H,3-9H2,1-2H3,(H,14,15,16). The van der Waals surface area contributed by atoms with Crippen molar-refractivity contribution in [2.24, 2.45) is 5.92 Å². The zero-order valence-corrected chi connectivity index (χ0v) is 10.9. The van der Waals surface area contributed by atoms with Gasteiger partial charge in [0.05, 0.1) is 0 Å². The molecule has 5 heteroatoms. The lowest BCUT2D eigenvalue weighted by Gasteiger charge is -2.30. The van der Waals surface area contributed by atoms with Gasteiger partial charge in [0.1, 0.15) is 5.82 Å². The molecule has 1 aromatic rings. The van der Waals surface area contributed by atoms with Crippen molar-refractivity contribution in [3.8, 4) is 0 Å². The number of aromatic nitrogens is 3. The molecule has 1 aliphatic rings. The first-order chi connectivity index (χ1) is 8.33. The Morgan fingerprint density at radius 2 is 2.18 bits per heavy atom. The van der Waals surface area contributed by atoms with E-state index in [0.717, 1.165) is 50.2 Å². The molecule has 96 valence electrons. The summed E-state index contributed by atoms with van der Waals surface area (Å²) in [7, 11) is 2.03. The molecular formula is C12H23N5. The predicted molar refractivity (Wildman–Crippen MR) is 69.2 cm³/mol. The molecule has 0 amide bonds.